The van der Waals surface area contributed by atoms with Gasteiger partial charge in [-0.3, -0.25) is 9.48 Å². The van der Waals surface area contributed by atoms with Crippen molar-refractivity contribution in [3.05, 3.63) is 34.6 Å². The Bertz CT molecular complexity index is 601. The Hall–Kier alpha value is -2.11. The number of hydrogen-bond acceptors (Lipinski definition) is 4. The second-order valence-corrected chi connectivity index (χ2v) is 4.66. The van der Waals surface area contributed by atoms with Crippen LogP contribution in [0.5, 0.6) is 11.6 Å². The van der Waals surface area contributed by atoms with E-state index in [2.05, 4.69) is 22.0 Å². The molecule has 6 nitrogen and oxygen atoms in total. The molecule has 0 aliphatic rings. The third-order valence-corrected chi connectivity index (χ3v) is 2.57. The van der Waals surface area contributed by atoms with E-state index in [1.54, 1.807) is 17.1 Å². The maximum absolute atomic E-state index is 11.5. The topological polar surface area (TPSA) is 72.8 Å². The molecule has 2 heterocycles. The maximum Gasteiger partial charge on any atom is 0.254 e. The van der Waals surface area contributed by atoms with Gasteiger partial charge in [-0.25, -0.2) is 0 Å². The van der Waals surface area contributed by atoms with E-state index in [9.17, 15) is 4.79 Å². The Morgan fingerprint density at radius 2 is 2.26 bits per heavy atom. The highest BCUT2D eigenvalue weighted by Gasteiger charge is 2.08. The van der Waals surface area contributed by atoms with Gasteiger partial charge in [-0.15, -0.1) is 0 Å². The Morgan fingerprint density at radius 3 is 2.95 bits per heavy atom. The van der Waals surface area contributed by atoms with Crippen LogP contribution in [0, 0.1) is 0 Å². The monoisotopic (exact) mass is 262 g/mol. The van der Waals surface area contributed by atoms with Crippen LogP contribution >= 0.6 is 0 Å². The van der Waals surface area contributed by atoms with Crippen LogP contribution in [0.4, 0.5) is 0 Å². The van der Waals surface area contributed by atoms with E-state index >= 15 is 0 Å². The first kappa shape index (κ1) is 13.3. The van der Waals surface area contributed by atoms with E-state index in [1.807, 2.05) is 13.8 Å². The Kier molecular flexibility index (Phi) is 3.99. The summed E-state index contributed by atoms with van der Waals surface area (Å²) in [5.41, 5.74) is -0.213. The van der Waals surface area contributed by atoms with Crippen molar-refractivity contribution in [2.45, 2.75) is 39.7 Å². The highest BCUT2D eigenvalue weighted by molar-refractivity contribution is 5.21. The molecule has 19 heavy (non-hydrogen) atoms. The van der Waals surface area contributed by atoms with E-state index in [4.69, 9.17) is 4.74 Å². The molecule has 0 bridgehead atoms. The number of ether oxygens (including phenoxy) is 1. The van der Waals surface area contributed by atoms with Crippen molar-refractivity contribution in [3.8, 4) is 11.6 Å². The number of H-pyrrole nitrogens is 1. The van der Waals surface area contributed by atoms with Crippen molar-refractivity contribution in [2.75, 3.05) is 0 Å². The van der Waals surface area contributed by atoms with Gasteiger partial charge >= 0.3 is 0 Å². The summed E-state index contributed by atoms with van der Waals surface area (Å²) in [5.74, 6) is 1.63. The van der Waals surface area contributed by atoms with Gasteiger partial charge in [-0.1, -0.05) is 20.8 Å². The fraction of sp³-hybridized carbons (Fsp3) is 0.462. The molecule has 0 amide bonds. The smallest absolute Gasteiger partial charge is 0.254 e. The first-order chi connectivity index (χ1) is 9.08. The molecule has 2 aromatic heterocycles. The number of aryl methyl sites for hydroxylation is 1. The minimum Gasteiger partial charge on any atom is -0.435 e. The van der Waals surface area contributed by atoms with Gasteiger partial charge in [-0.2, -0.15) is 10.1 Å². The molecule has 2 aromatic rings. The van der Waals surface area contributed by atoms with E-state index in [-0.39, 0.29) is 11.5 Å². The van der Waals surface area contributed by atoms with Gasteiger partial charge in [0.15, 0.2) is 5.75 Å². The first-order valence-corrected chi connectivity index (χ1v) is 6.40. The van der Waals surface area contributed by atoms with Gasteiger partial charge in [0.25, 0.3) is 5.56 Å². The average Bonchev–Trinajstić information content (AvgIpc) is 2.76. The van der Waals surface area contributed by atoms with Crippen molar-refractivity contribution in [3.63, 3.8) is 0 Å². The van der Waals surface area contributed by atoms with Crippen LogP contribution in [0.3, 0.4) is 0 Å². The van der Waals surface area contributed by atoms with Gasteiger partial charge in [0, 0.05) is 12.5 Å². The molecular weight excluding hydrogens is 244 g/mol. The SMILES string of the molecule is CCCn1cc(Oc2cc(=O)[nH]c(C(C)C)n2)cn1. The lowest BCUT2D eigenvalue weighted by Gasteiger charge is -2.06. The van der Waals surface area contributed by atoms with Crippen LogP contribution in [-0.4, -0.2) is 19.7 Å². The summed E-state index contributed by atoms with van der Waals surface area (Å²) in [6.07, 6.45) is 4.41. The standard InChI is InChI=1S/C13H18N4O2/c1-4-5-17-8-10(7-14-17)19-12-6-11(18)15-13(16-12)9(2)3/h6-9H,4-5H2,1-3H3,(H,15,16,18). The summed E-state index contributed by atoms with van der Waals surface area (Å²) in [7, 11) is 0. The molecule has 0 saturated carbocycles. The average molecular weight is 262 g/mol. The number of aromatic nitrogens is 4. The largest absolute Gasteiger partial charge is 0.435 e. The number of rotatable bonds is 5. The van der Waals surface area contributed by atoms with Crippen LogP contribution in [0.1, 0.15) is 38.9 Å². The predicted octanol–water partition coefficient (Wildman–Crippen LogP) is 2.29. The van der Waals surface area contributed by atoms with Crippen LogP contribution in [0.25, 0.3) is 0 Å². The predicted molar refractivity (Wildman–Crippen MR) is 71.5 cm³/mol. The van der Waals surface area contributed by atoms with Crippen molar-refractivity contribution in [1.29, 1.82) is 0 Å². The summed E-state index contributed by atoms with van der Waals surface area (Å²) < 4.78 is 7.36. The van der Waals surface area contributed by atoms with E-state index < -0.39 is 0 Å². The molecule has 1 N–H and O–H groups in total. The molecule has 0 unspecified atom stereocenters. The number of nitrogens with one attached hydrogen (secondary N) is 1. The van der Waals surface area contributed by atoms with Gasteiger partial charge in [0.1, 0.15) is 5.82 Å². The molecule has 2 rings (SSSR count). The quantitative estimate of drug-likeness (QED) is 0.897. The zero-order chi connectivity index (χ0) is 13.8. The molecule has 0 saturated heterocycles. The molecule has 0 aliphatic carbocycles. The first-order valence-electron chi connectivity index (χ1n) is 6.40. The molecule has 0 spiro atoms. The third kappa shape index (κ3) is 3.43. The molecular formula is C13H18N4O2. The zero-order valence-corrected chi connectivity index (χ0v) is 11.4. The van der Waals surface area contributed by atoms with Crippen molar-refractivity contribution < 1.29 is 4.74 Å². The second-order valence-electron chi connectivity index (χ2n) is 4.66. The number of aromatic amines is 1. The third-order valence-electron chi connectivity index (χ3n) is 2.57. The summed E-state index contributed by atoms with van der Waals surface area (Å²) in [4.78, 5) is 18.5. The van der Waals surface area contributed by atoms with Crippen molar-refractivity contribution >= 4 is 0 Å². The Morgan fingerprint density at radius 1 is 1.47 bits per heavy atom. The number of hydrogen-bond donors (Lipinski definition) is 1. The lowest BCUT2D eigenvalue weighted by molar-refractivity contribution is 0.454. The molecule has 102 valence electrons. The van der Waals surface area contributed by atoms with Gasteiger partial charge in [0.2, 0.25) is 5.88 Å². The maximum atomic E-state index is 11.5. The fourth-order valence-electron chi connectivity index (χ4n) is 1.65. The van der Waals surface area contributed by atoms with Crippen molar-refractivity contribution in [2.24, 2.45) is 0 Å². The summed E-state index contributed by atoms with van der Waals surface area (Å²) >= 11 is 0. The van der Waals surface area contributed by atoms with Gasteiger partial charge in [-0.05, 0) is 6.42 Å². The van der Waals surface area contributed by atoms with Gasteiger partial charge in [0.05, 0.1) is 18.5 Å². The second kappa shape index (κ2) is 5.69. The Balaban J connectivity index is 2.20. The van der Waals surface area contributed by atoms with Crippen LogP contribution in [0.2, 0.25) is 0 Å². The van der Waals surface area contributed by atoms with Crippen LogP contribution in [0.15, 0.2) is 23.3 Å². The normalized spacial score (nSPS) is 10.9. The minimum absolute atomic E-state index is 0.138. The van der Waals surface area contributed by atoms with Crippen LogP contribution < -0.4 is 10.3 Å². The lowest BCUT2D eigenvalue weighted by atomic mass is 10.2. The summed E-state index contributed by atoms with van der Waals surface area (Å²) in [5, 5.41) is 4.16. The molecule has 6 heteroatoms. The highest BCUT2D eigenvalue weighted by Crippen LogP contribution is 2.18. The van der Waals surface area contributed by atoms with Crippen LogP contribution in [-0.2, 0) is 6.54 Å². The molecule has 0 radical (unpaired) electrons. The molecule has 0 aliphatic heterocycles. The summed E-state index contributed by atoms with van der Waals surface area (Å²) in [6.45, 7) is 6.83. The lowest BCUT2D eigenvalue weighted by Crippen LogP contribution is -2.11. The van der Waals surface area contributed by atoms with Crippen molar-refractivity contribution in [1.82, 2.24) is 19.7 Å². The Labute approximate surface area is 111 Å². The van der Waals surface area contributed by atoms with E-state index in [0.717, 1.165) is 13.0 Å². The molecule has 0 atom stereocenters. The zero-order valence-electron chi connectivity index (χ0n) is 11.4. The molecule has 0 aromatic carbocycles. The summed E-state index contributed by atoms with van der Waals surface area (Å²) in [6, 6.07) is 1.34. The molecule has 0 fully saturated rings. The van der Waals surface area contributed by atoms with E-state index in [1.165, 1.54) is 6.07 Å². The van der Waals surface area contributed by atoms with Gasteiger partial charge < -0.3 is 9.72 Å². The highest BCUT2D eigenvalue weighted by atomic mass is 16.5. The number of nitrogens with zero attached hydrogens (tertiary/aromatic N) is 3. The van der Waals surface area contributed by atoms with E-state index in [0.29, 0.717) is 17.5 Å². The fourth-order valence-corrected chi connectivity index (χ4v) is 1.65. The minimum atomic E-state index is -0.213.